The SMILES string of the molecule is CC(C)[C@@H](NC(=O)[C@@H](NC(=O)OC(C)(C)C)C1(CO)CC2CCC(C2)C1)C(=O)N1CC[C@](O)(c2ccc(Cl)cc2)C(C)(C)C1. The van der Waals surface area contributed by atoms with Gasteiger partial charge in [-0.25, -0.2) is 4.79 Å². The molecule has 3 fully saturated rings. The highest BCUT2D eigenvalue weighted by atomic mass is 35.5. The van der Waals surface area contributed by atoms with Gasteiger partial charge in [-0.3, -0.25) is 9.59 Å². The van der Waals surface area contributed by atoms with Gasteiger partial charge in [-0.1, -0.05) is 64.3 Å². The van der Waals surface area contributed by atoms with E-state index in [1.54, 1.807) is 37.8 Å². The number of likely N-dealkylation sites (tertiary alicyclic amines) is 1. The Morgan fingerprint density at radius 2 is 1.66 bits per heavy atom. The molecule has 2 unspecified atom stereocenters. The maximum atomic E-state index is 14.2. The third kappa shape index (κ3) is 7.20. The van der Waals surface area contributed by atoms with E-state index in [1.807, 2.05) is 39.8 Å². The van der Waals surface area contributed by atoms with E-state index in [9.17, 15) is 24.6 Å². The third-order valence-electron chi connectivity index (χ3n) is 10.2. The minimum Gasteiger partial charge on any atom is -0.444 e. The molecule has 4 N–H and O–H groups in total. The third-order valence-corrected chi connectivity index (χ3v) is 10.5. The van der Waals surface area contributed by atoms with E-state index in [0.717, 1.165) is 24.8 Å². The van der Waals surface area contributed by atoms with Crippen LogP contribution in [0.25, 0.3) is 0 Å². The van der Waals surface area contributed by atoms with Crippen LogP contribution in [0.15, 0.2) is 24.3 Å². The number of fused-ring (bicyclic) bond motifs is 2. The van der Waals surface area contributed by atoms with Crippen LogP contribution in [0.4, 0.5) is 4.79 Å². The van der Waals surface area contributed by atoms with Crippen molar-refractivity contribution in [2.75, 3.05) is 19.7 Å². The summed E-state index contributed by atoms with van der Waals surface area (Å²) in [6, 6.07) is 5.24. The molecule has 2 saturated carbocycles. The smallest absolute Gasteiger partial charge is 0.408 e. The van der Waals surface area contributed by atoms with Crippen LogP contribution < -0.4 is 10.6 Å². The lowest BCUT2D eigenvalue weighted by atomic mass is 9.65. The van der Waals surface area contributed by atoms with Crippen LogP contribution in [-0.2, 0) is 19.9 Å². The van der Waals surface area contributed by atoms with Gasteiger partial charge in [-0.15, -0.1) is 0 Å². The van der Waals surface area contributed by atoms with E-state index < -0.39 is 46.1 Å². The van der Waals surface area contributed by atoms with Crippen LogP contribution in [-0.4, -0.2) is 70.4 Å². The number of ether oxygens (including phenoxy) is 1. The van der Waals surface area contributed by atoms with Crippen molar-refractivity contribution in [1.29, 1.82) is 0 Å². The number of halogens is 1. The number of alkyl carbamates (subject to hydrolysis) is 1. The van der Waals surface area contributed by atoms with Gasteiger partial charge in [0, 0.05) is 28.9 Å². The predicted octanol–water partition coefficient (Wildman–Crippen LogP) is 5.01. The minimum atomic E-state index is -1.17. The fourth-order valence-corrected chi connectivity index (χ4v) is 8.00. The summed E-state index contributed by atoms with van der Waals surface area (Å²) in [4.78, 5) is 43.0. The summed E-state index contributed by atoms with van der Waals surface area (Å²) in [6.07, 6.45) is 4.01. The molecule has 3 amide bonds. The number of nitrogens with one attached hydrogen (secondary N) is 2. The van der Waals surface area contributed by atoms with Crippen molar-refractivity contribution >= 4 is 29.5 Å². The molecule has 2 bridgehead atoms. The summed E-state index contributed by atoms with van der Waals surface area (Å²) in [5.41, 5.74) is -2.73. The molecule has 1 aromatic rings. The van der Waals surface area contributed by atoms with Crippen molar-refractivity contribution in [3.63, 3.8) is 0 Å². The summed E-state index contributed by atoms with van der Waals surface area (Å²) in [5.74, 6) is -0.214. The lowest BCUT2D eigenvalue weighted by Gasteiger charge is -2.51. The zero-order valence-corrected chi connectivity index (χ0v) is 28.2. The quantitative estimate of drug-likeness (QED) is 0.319. The van der Waals surface area contributed by atoms with Gasteiger partial charge in [0.05, 0.1) is 12.2 Å². The second-order valence-electron chi connectivity index (χ2n) is 15.5. The molecule has 2 aliphatic carbocycles. The van der Waals surface area contributed by atoms with E-state index in [4.69, 9.17) is 16.3 Å². The van der Waals surface area contributed by atoms with E-state index in [1.165, 1.54) is 0 Å². The fourth-order valence-electron chi connectivity index (χ4n) is 7.88. The standard InChI is InChI=1S/C34H52ClN3O6/c1-21(2)26(29(41)38-15-14-34(43,32(6,7)19-38)24-10-12-25(35)13-11-24)36-28(40)27(37-30(42)44-31(3,4)5)33(20-39)17-22-8-9-23(16-22)18-33/h10-13,21-23,26-27,39,43H,8-9,14-20H2,1-7H3,(H,36,40)(H,37,42)/t22?,23?,26-,27-,33?,34+/m1/s1. The molecule has 1 aromatic carbocycles. The fraction of sp³-hybridized carbons (Fsp3) is 0.735. The highest BCUT2D eigenvalue weighted by molar-refractivity contribution is 6.30. The molecule has 0 spiro atoms. The van der Waals surface area contributed by atoms with Crippen molar-refractivity contribution in [3.8, 4) is 0 Å². The number of carbonyl (C=O) groups excluding carboxylic acids is 3. The molecule has 1 heterocycles. The first-order valence-corrected chi connectivity index (χ1v) is 16.5. The maximum absolute atomic E-state index is 14.2. The maximum Gasteiger partial charge on any atom is 0.408 e. The molecule has 5 atom stereocenters. The van der Waals surface area contributed by atoms with Crippen LogP contribution in [0.3, 0.4) is 0 Å². The Hall–Kier alpha value is -2.36. The van der Waals surface area contributed by atoms with Crippen molar-refractivity contribution in [3.05, 3.63) is 34.9 Å². The Kier molecular flexibility index (Phi) is 10.0. The minimum absolute atomic E-state index is 0.239. The Balaban J connectivity index is 1.56. The summed E-state index contributed by atoms with van der Waals surface area (Å²) in [5, 5.41) is 29.0. The first-order valence-electron chi connectivity index (χ1n) is 16.1. The number of hydrogen-bond donors (Lipinski definition) is 4. The molecule has 246 valence electrons. The van der Waals surface area contributed by atoms with Gasteiger partial charge in [0.2, 0.25) is 11.8 Å². The van der Waals surface area contributed by atoms with E-state index >= 15 is 0 Å². The number of rotatable bonds is 8. The molecule has 3 aliphatic rings. The molecular formula is C34H52ClN3O6. The van der Waals surface area contributed by atoms with Crippen LogP contribution >= 0.6 is 11.6 Å². The number of amides is 3. The summed E-state index contributed by atoms with van der Waals surface area (Å²) >= 11 is 6.09. The van der Waals surface area contributed by atoms with Gasteiger partial charge in [-0.05, 0) is 81.9 Å². The van der Waals surface area contributed by atoms with Gasteiger partial charge in [0.1, 0.15) is 17.7 Å². The predicted molar refractivity (Wildman–Crippen MR) is 170 cm³/mol. The molecule has 0 aromatic heterocycles. The van der Waals surface area contributed by atoms with Gasteiger partial charge in [0.15, 0.2) is 0 Å². The lowest BCUT2D eigenvalue weighted by Crippen LogP contribution is -2.64. The number of benzene rings is 1. The Labute approximate surface area is 267 Å². The van der Waals surface area contributed by atoms with Crippen molar-refractivity contribution in [2.24, 2.45) is 28.6 Å². The zero-order valence-electron chi connectivity index (χ0n) is 27.4. The molecule has 1 aliphatic heterocycles. The van der Waals surface area contributed by atoms with Gasteiger partial charge in [-0.2, -0.15) is 0 Å². The Morgan fingerprint density at radius 3 is 2.16 bits per heavy atom. The highest BCUT2D eigenvalue weighted by Gasteiger charge is 2.53. The molecule has 10 heteroatoms. The van der Waals surface area contributed by atoms with Crippen molar-refractivity contribution < 1.29 is 29.3 Å². The number of piperidine rings is 1. The molecular weight excluding hydrogens is 582 g/mol. The van der Waals surface area contributed by atoms with E-state index in [-0.39, 0.29) is 25.0 Å². The monoisotopic (exact) mass is 633 g/mol. The van der Waals surface area contributed by atoms with Crippen LogP contribution in [0.2, 0.25) is 5.02 Å². The second kappa shape index (κ2) is 12.8. The first-order chi connectivity index (χ1) is 20.4. The second-order valence-corrected chi connectivity index (χ2v) is 16.0. The average molecular weight is 634 g/mol. The number of carbonyl (C=O) groups is 3. The summed E-state index contributed by atoms with van der Waals surface area (Å²) in [6.45, 7) is 13.2. The van der Waals surface area contributed by atoms with Gasteiger partial charge < -0.3 is 30.5 Å². The zero-order chi connectivity index (χ0) is 32.7. The van der Waals surface area contributed by atoms with E-state index in [0.29, 0.717) is 42.7 Å². The molecule has 4 rings (SSSR count). The van der Waals surface area contributed by atoms with Crippen molar-refractivity contribution in [2.45, 2.75) is 110 Å². The summed E-state index contributed by atoms with van der Waals surface area (Å²) < 4.78 is 5.53. The van der Waals surface area contributed by atoms with E-state index in [2.05, 4.69) is 10.6 Å². The average Bonchev–Trinajstić information content (AvgIpc) is 3.28. The Morgan fingerprint density at radius 1 is 1.07 bits per heavy atom. The Bertz CT molecular complexity index is 1200. The van der Waals surface area contributed by atoms with Crippen LogP contribution in [0.1, 0.15) is 92.6 Å². The summed E-state index contributed by atoms with van der Waals surface area (Å²) in [7, 11) is 0. The topological polar surface area (TPSA) is 128 Å². The largest absolute Gasteiger partial charge is 0.444 e. The van der Waals surface area contributed by atoms with Gasteiger partial charge >= 0.3 is 6.09 Å². The number of aliphatic hydroxyl groups is 2. The lowest BCUT2D eigenvalue weighted by molar-refractivity contribution is -0.157. The van der Waals surface area contributed by atoms with Gasteiger partial charge in [0.25, 0.3) is 0 Å². The normalized spacial score (nSPS) is 29.6. The number of aliphatic hydroxyl groups excluding tert-OH is 1. The first kappa shape index (κ1) is 34.5. The van der Waals surface area contributed by atoms with Crippen LogP contribution in [0.5, 0.6) is 0 Å². The molecule has 9 nitrogen and oxygen atoms in total. The van der Waals surface area contributed by atoms with Crippen LogP contribution in [0, 0.1) is 28.6 Å². The molecule has 1 saturated heterocycles. The molecule has 44 heavy (non-hydrogen) atoms. The van der Waals surface area contributed by atoms with Crippen molar-refractivity contribution in [1.82, 2.24) is 15.5 Å². The number of hydrogen-bond acceptors (Lipinski definition) is 6. The highest BCUT2D eigenvalue weighted by Crippen LogP contribution is 2.52. The number of nitrogens with zero attached hydrogens (tertiary/aromatic N) is 1. The molecule has 0 radical (unpaired) electrons.